The third-order valence-electron chi connectivity index (χ3n) is 4.23. The summed E-state index contributed by atoms with van der Waals surface area (Å²) in [5, 5.41) is 0. The molecule has 0 atom stereocenters. The molecule has 0 saturated carbocycles. The maximum Gasteiger partial charge on any atom is 0.308 e. The molecule has 0 saturated heterocycles. The second-order valence-electron chi connectivity index (χ2n) is 6.22. The van der Waals surface area contributed by atoms with Gasteiger partial charge in [-0.3, -0.25) is 9.59 Å². The second kappa shape index (κ2) is 8.48. The molecule has 2 aromatic carbocycles. The zero-order valence-electron chi connectivity index (χ0n) is 15.9. The van der Waals surface area contributed by atoms with Crippen LogP contribution in [0.3, 0.4) is 0 Å². The number of hydrogen-bond acceptors (Lipinski definition) is 4. The van der Waals surface area contributed by atoms with Gasteiger partial charge in [-0.2, -0.15) is 0 Å². The Morgan fingerprint density at radius 1 is 0.846 bits per heavy atom. The highest BCUT2D eigenvalue weighted by atomic mass is 16.5. The van der Waals surface area contributed by atoms with Gasteiger partial charge < -0.3 is 9.47 Å². The van der Waals surface area contributed by atoms with Crippen molar-refractivity contribution in [2.45, 2.75) is 41.0 Å². The minimum Gasteiger partial charge on any atom is -0.426 e. The van der Waals surface area contributed by atoms with Crippen LogP contribution in [0.1, 0.15) is 41.7 Å². The number of allylic oxidation sites excluding steroid dienone is 1. The van der Waals surface area contributed by atoms with Crippen molar-refractivity contribution in [2.75, 3.05) is 0 Å². The Bertz CT molecular complexity index is 848. The van der Waals surface area contributed by atoms with E-state index >= 15 is 0 Å². The van der Waals surface area contributed by atoms with E-state index in [1.165, 1.54) is 13.8 Å². The molecule has 2 aromatic rings. The molecule has 0 aliphatic heterocycles. The Balaban J connectivity index is 2.49. The van der Waals surface area contributed by atoms with E-state index < -0.39 is 0 Å². The molecule has 136 valence electrons. The smallest absolute Gasteiger partial charge is 0.308 e. The first-order valence-electron chi connectivity index (χ1n) is 8.52. The summed E-state index contributed by atoms with van der Waals surface area (Å²) in [6.45, 7) is 8.36. The van der Waals surface area contributed by atoms with Crippen molar-refractivity contribution >= 4 is 18.0 Å². The summed E-state index contributed by atoms with van der Waals surface area (Å²) in [6.07, 6.45) is 4.58. The van der Waals surface area contributed by atoms with Crippen LogP contribution in [0.4, 0.5) is 0 Å². The first-order valence-corrected chi connectivity index (χ1v) is 8.52. The number of ether oxygens (including phenoxy) is 2. The topological polar surface area (TPSA) is 52.6 Å². The van der Waals surface area contributed by atoms with Gasteiger partial charge in [0, 0.05) is 19.4 Å². The first-order chi connectivity index (χ1) is 12.3. The summed E-state index contributed by atoms with van der Waals surface area (Å²) in [6, 6.07) is 9.95. The van der Waals surface area contributed by atoms with Gasteiger partial charge >= 0.3 is 11.9 Å². The predicted octanol–water partition coefficient (Wildman–Crippen LogP) is 4.72. The summed E-state index contributed by atoms with van der Waals surface area (Å²) in [7, 11) is 0. The molecule has 0 N–H and O–H groups in total. The molecular formula is C22H24O4. The summed E-state index contributed by atoms with van der Waals surface area (Å²) in [4.78, 5) is 23.1. The molecule has 4 heteroatoms. The molecule has 0 spiro atoms. The Kier molecular flexibility index (Phi) is 6.34. The first kappa shape index (κ1) is 19.4. The lowest BCUT2D eigenvalue weighted by molar-refractivity contribution is -0.133. The Morgan fingerprint density at radius 3 is 1.96 bits per heavy atom. The highest BCUT2D eigenvalue weighted by Crippen LogP contribution is 2.38. The average molecular weight is 352 g/mol. The molecule has 0 unspecified atom stereocenters. The molecular weight excluding hydrogens is 328 g/mol. The van der Waals surface area contributed by atoms with Gasteiger partial charge in [-0.1, -0.05) is 42.5 Å². The zero-order valence-corrected chi connectivity index (χ0v) is 15.9. The predicted molar refractivity (Wildman–Crippen MR) is 102 cm³/mol. The third-order valence-corrected chi connectivity index (χ3v) is 4.23. The lowest BCUT2D eigenvalue weighted by Crippen LogP contribution is -2.11. The van der Waals surface area contributed by atoms with Crippen molar-refractivity contribution in [3.05, 3.63) is 64.2 Å². The fraction of sp³-hybridized carbons (Fsp3) is 0.273. The van der Waals surface area contributed by atoms with Crippen LogP contribution < -0.4 is 9.47 Å². The van der Waals surface area contributed by atoms with Crippen LogP contribution in [0.5, 0.6) is 11.5 Å². The number of benzene rings is 2. The van der Waals surface area contributed by atoms with Crippen molar-refractivity contribution in [1.29, 1.82) is 0 Å². The third kappa shape index (κ3) is 4.60. The highest BCUT2D eigenvalue weighted by molar-refractivity contribution is 5.75. The molecule has 0 aromatic heterocycles. The van der Waals surface area contributed by atoms with E-state index in [-0.39, 0.29) is 11.9 Å². The van der Waals surface area contributed by atoms with Gasteiger partial charge in [-0.15, -0.1) is 0 Å². The van der Waals surface area contributed by atoms with Crippen LogP contribution in [-0.2, 0) is 16.0 Å². The quantitative estimate of drug-likeness (QED) is 0.577. The van der Waals surface area contributed by atoms with Gasteiger partial charge in [0.15, 0.2) is 0 Å². The van der Waals surface area contributed by atoms with Crippen molar-refractivity contribution in [3.8, 4) is 11.5 Å². The van der Waals surface area contributed by atoms with E-state index in [0.29, 0.717) is 17.9 Å². The van der Waals surface area contributed by atoms with Gasteiger partial charge in [-0.05, 0) is 49.4 Å². The molecule has 0 heterocycles. The Labute approximate surface area is 154 Å². The molecule has 0 aliphatic carbocycles. The van der Waals surface area contributed by atoms with Crippen LogP contribution in [0, 0.1) is 20.8 Å². The maximum absolute atomic E-state index is 11.6. The van der Waals surface area contributed by atoms with Gasteiger partial charge in [-0.25, -0.2) is 0 Å². The fourth-order valence-corrected chi connectivity index (χ4v) is 2.86. The standard InChI is InChI=1S/C22H24O4/c1-14-15(2)22(26-18(5)24)20(16(3)21(14)25-17(4)23)13-9-12-19-10-7-6-8-11-19/h6-12H,13H2,1-5H3/b12-9+. The van der Waals surface area contributed by atoms with Crippen molar-refractivity contribution < 1.29 is 19.1 Å². The van der Waals surface area contributed by atoms with Crippen molar-refractivity contribution in [2.24, 2.45) is 0 Å². The van der Waals surface area contributed by atoms with E-state index in [1.807, 2.05) is 63.3 Å². The van der Waals surface area contributed by atoms with Crippen molar-refractivity contribution in [1.82, 2.24) is 0 Å². The molecule has 0 bridgehead atoms. The summed E-state index contributed by atoms with van der Waals surface area (Å²) >= 11 is 0. The summed E-state index contributed by atoms with van der Waals surface area (Å²) < 4.78 is 10.9. The molecule has 4 nitrogen and oxygen atoms in total. The molecule has 0 fully saturated rings. The molecule has 2 rings (SSSR count). The monoisotopic (exact) mass is 352 g/mol. The lowest BCUT2D eigenvalue weighted by atomic mass is 9.95. The molecule has 0 radical (unpaired) electrons. The number of carbonyl (C=O) groups is 2. The SMILES string of the molecule is CC(=O)Oc1c(C)c(C)c(OC(C)=O)c(C/C=C/c2ccccc2)c1C. The minimum atomic E-state index is -0.375. The Hall–Kier alpha value is -2.88. The molecule has 0 aliphatic rings. The summed E-state index contributed by atoms with van der Waals surface area (Å²) in [5.74, 6) is 0.331. The normalized spacial score (nSPS) is 10.8. The average Bonchev–Trinajstić information content (AvgIpc) is 2.59. The van der Waals surface area contributed by atoms with Gasteiger partial charge in [0.2, 0.25) is 0 Å². The van der Waals surface area contributed by atoms with Crippen LogP contribution in [0.25, 0.3) is 6.08 Å². The van der Waals surface area contributed by atoms with E-state index in [4.69, 9.17) is 9.47 Å². The number of rotatable bonds is 5. The van der Waals surface area contributed by atoms with Gasteiger partial charge in [0.05, 0.1) is 0 Å². The van der Waals surface area contributed by atoms with Gasteiger partial charge in [0.1, 0.15) is 11.5 Å². The lowest BCUT2D eigenvalue weighted by Gasteiger charge is -2.20. The highest BCUT2D eigenvalue weighted by Gasteiger charge is 2.21. The second-order valence-corrected chi connectivity index (χ2v) is 6.22. The Morgan fingerprint density at radius 2 is 1.38 bits per heavy atom. The summed E-state index contributed by atoms with van der Waals surface area (Å²) in [5.41, 5.74) is 4.32. The fourth-order valence-electron chi connectivity index (χ4n) is 2.86. The van der Waals surface area contributed by atoms with Crippen molar-refractivity contribution in [3.63, 3.8) is 0 Å². The van der Waals surface area contributed by atoms with Gasteiger partial charge in [0.25, 0.3) is 0 Å². The van der Waals surface area contributed by atoms with E-state index in [9.17, 15) is 9.59 Å². The molecule has 0 amide bonds. The largest absolute Gasteiger partial charge is 0.426 e. The number of hydrogen-bond donors (Lipinski definition) is 0. The van der Waals surface area contributed by atoms with Crippen LogP contribution in [0.15, 0.2) is 36.4 Å². The minimum absolute atomic E-state index is 0.374. The molecule has 26 heavy (non-hydrogen) atoms. The van der Waals surface area contributed by atoms with Crippen LogP contribution >= 0.6 is 0 Å². The van der Waals surface area contributed by atoms with E-state index in [0.717, 1.165) is 27.8 Å². The van der Waals surface area contributed by atoms with E-state index in [2.05, 4.69) is 0 Å². The van der Waals surface area contributed by atoms with Crippen LogP contribution in [-0.4, -0.2) is 11.9 Å². The van der Waals surface area contributed by atoms with Crippen LogP contribution in [0.2, 0.25) is 0 Å². The number of carbonyl (C=O) groups excluding carboxylic acids is 2. The van der Waals surface area contributed by atoms with E-state index in [1.54, 1.807) is 0 Å². The maximum atomic E-state index is 11.6. The number of esters is 2. The zero-order chi connectivity index (χ0) is 19.3.